The van der Waals surface area contributed by atoms with Crippen molar-refractivity contribution in [2.24, 2.45) is 0 Å². The average molecular weight is 983 g/mol. The molecule has 362 valence electrons. The second-order valence-corrected chi connectivity index (χ2v) is 22.7. The Balaban J connectivity index is 0.752. The van der Waals surface area contributed by atoms with Gasteiger partial charge >= 0.3 is 0 Å². The van der Waals surface area contributed by atoms with Gasteiger partial charge in [-0.25, -0.2) is 0 Å². The van der Waals surface area contributed by atoms with Crippen LogP contribution < -0.4 is 9.80 Å². The van der Waals surface area contributed by atoms with Crippen LogP contribution in [0.1, 0.15) is 83.3 Å². The number of rotatable bonds is 10. The molecular formula is C72H58N2S. The first-order valence-corrected chi connectivity index (χ1v) is 27.0. The van der Waals surface area contributed by atoms with Crippen LogP contribution in [0.4, 0.5) is 34.1 Å². The van der Waals surface area contributed by atoms with Crippen molar-refractivity contribution in [3.63, 3.8) is 0 Å². The van der Waals surface area contributed by atoms with Gasteiger partial charge in [-0.2, -0.15) is 0 Å². The highest BCUT2D eigenvalue weighted by Gasteiger charge is 2.37. The smallest absolute Gasteiger partial charge is 0.0465 e. The van der Waals surface area contributed by atoms with Crippen LogP contribution >= 0.6 is 11.3 Å². The van der Waals surface area contributed by atoms with Crippen molar-refractivity contribution >= 4 is 89.9 Å². The number of para-hydroxylation sites is 2. The van der Waals surface area contributed by atoms with E-state index in [1.165, 1.54) is 109 Å². The van der Waals surface area contributed by atoms with E-state index in [1.54, 1.807) is 0 Å². The summed E-state index contributed by atoms with van der Waals surface area (Å²) in [6.45, 7) is 13.8. The minimum Gasteiger partial charge on any atom is -0.310 e. The summed E-state index contributed by atoms with van der Waals surface area (Å²) < 4.78 is 2.62. The van der Waals surface area contributed by atoms with Gasteiger partial charge in [-0.05, 0) is 189 Å². The van der Waals surface area contributed by atoms with Gasteiger partial charge in [0.15, 0.2) is 0 Å². The normalized spacial score (nSPS) is 13.8. The van der Waals surface area contributed by atoms with Crippen LogP contribution in [0.25, 0.3) is 66.7 Å². The van der Waals surface area contributed by atoms with Gasteiger partial charge in [0.25, 0.3) is 0 Å². The molecule has 1 heterocycles. The molecule has 2 aliphatic carbocycles. The van der Waals surface area contributed by atoms with Crippen molar-refractivity contribution < 1.29 is 0 Å². The highest BCUT2D eigenvalue weighted by atomic mass is 32.1. The molecule has 1 aromatic heterocycles. The van der Waals surface area contributed by atoms with E-state index in [1.807, 2.05) is 11.3 Å². The summed E-state index contributed by atoms with van der Waals surface area (Å²) in [6.07, 6.45) is 9.12. The molecule has 0 unspecified atom stereocenters. The van der Waals surface area contributed by atoms with E-state index in [0.717, 1.165) is 22.7 Å². The van der Waals surface area contributed by atoms with Crippen molar-refractivity contribution in [1.82, 2.24) is 0 Å². The van der Waals surface area contributed by atoms with E-state index in [2.05, 4.69) is 294 Å². The molecule has 0 N–H and O–H groups in total. The molecule has 0 fully saturated rings. The van der Waals surface area contributed by atoms with Crippen molar-refractivity contribution in [3.8, 4) is 22.3 Å². The van der Waals surface area contributed by atoms with Gasteiger partial charge in [0.2, 0.25) is 0 Å². The number of fused-ring (bicyclic) bond motifs is 9. The lowest BCUT2D eigenvalue weighted by atomic mass is 9.81. The third-order valence-electron chi connectivity index (χ3n) is 15.9. The first-order valence-electron chi connectivity index (χ1n) is 26.2. The molecule has 0 atom stereocenters. The quantitative estimate of drug-likeness (QED) is 0.126. The van der Waals surface area contributed by atoms with Gasteiger partial charge in [-0.1, -0.05) is 173 Å². The Kier molecular flexibility index (Phi) is 11.2. The third-order valence-corrected chi connectivity index (χ3v) is 17.0. The maximum Gasteiger partial charge on any atom is 0.0465 e. The number of aryl methyl sites for hydroxylation is 2. The number of anilines is 6. The molecular weight excluding hydrogens is 925 g/mol. The molecule has 3 heteroatoms. The zero-order valence-corrected chi connectivity index (χ0v) is 44.2. The number of hydrogen-bond acceptors (Lipinski definition) is 3. The summed E-state index contributed by atoms with van der Waals surface area (Å²) in [7, 11) is 0. The summed E-state index contributed by atoms with van der Waals surface area (Å²) >= 11 is 1.87. The summed E-state index contributed by atoms with van der Waals surface area (Å²) in [5.74, 6) is 0. The zero-order chi connectivity index (χ0) is 51.0. The lowest BCUT2D eigenvalue weighted by Gasteiger charge is -2.28. The fraction of sp³-hybridized carbons (Fsp3) is 0.111. The molecule has 13 rings (SSSR count). The average Bonchev–Trinajstić information content (AvgIpc) is 4.06. The number of thiophene rings is 1. The van der Waals surface area contributed by atoms with E-state index in [-0.39, 0.29) is 10.8 Å². The summed E-state index contributed by atoms with van der Waals surface area (Å²) in [6, 6.07) is 80.9. The minimum absolute atomic E-state index is 0.165. The maximum absolute atomic E-state index is 2.41. The molecule has 10 aromatic carbocycles. The predicted octanol–water partition coefficient (Wildman–Crippen LogP) is 20.6. The molecule has 0 saturated carbocycles. The summed E-state index contributed by atoms with van der Waals surface area (Å²) in [5, 5.41) is 2.60. The van der Waals surface area contributed by atoms with Crippen LogP contribution in [-0.4, -0.2) is 0 Å². The van der Waals surface area contributed by atoms with Gasteiger partial charge < -0.3 is 9.80 Å². The Morgan fingerprint density at radius 2 is 0.640 bits per heavy atom. The molecule has 0 amide bonds. The van der Waals surface area contributed by atoms with E-state index in [0.29, 0.717) is 0 Å². The van der Waals surface area contributed by atoms with Crippen LogP contribution in [-0.2, 0) is 10.8 Å². The van der Waals surface area contributed by atoms with Crippen molar-refractivity contribution in [2.45, 2.75) is 52.4 Å². The molecule has 0 saturated heterocycles. The molecule has 0 aliphatic heterocycles. The Morgan fingerprint density at radius 3 is 1.04 bits per heavy atom. The minimum atomic E-state index is -0.165. The first-order chi connectivity index (χ1) is 36.5. The van der Waals surface area contributed by atoms with Crippen LogP contribution in [0.5, 0.6) is 0 Å². The molecule has 2 aliphatic rings. The topological polar surface area (TPSA) is 6.48 Å². The second kappa shape index (κ2) is 18.2. The molecule has 0 bridgehead atoms. The fourth-order valence-electron chi connectivity index (χ4n) is 12.0. The molecule has 75 heavy (non-hydrogen) atoms. The molecule has 11 aromatic rings. The van der Waals surface area contributed by atoms with Gasteiger partial charge in [0.1, 0.15) is 0 Å². The Bertz CT molecular complexity index is 3830. The predicted molar refractivity (Wildman–Crippen MR) is 324 cm³/mol. The lowest BCUT2D eigenvalue weighted by Crippen LogP contribution is -2.16. The van der Waals surface area contributed by atoms with Crippen LogP contribution in [0, 0.1) is 13.8 Å². The number of benzene rings is 10. The van der Waals surface area contributed by atoms with Crippen LogP contribution in [0.15, 0.2) is 218 Å². The molecule has 0 radical (unpaired) electrons. The fourth-order valence-corrected chi connectivity index (χ4v) is 13.0. The van der Waals surface area contributed by atoms with Crippen molar-refractivity contribution in [1.29, 1.82) is 0 Å². The van der Waals surface area contributed by atoms with Gasteiger partial charge in [-0.15, -0.1) is 11.3 Å². The van der Waals surface area contributed by atoms with Gasteiger partial charge in [0, 0.05) is 65.1 Å². The highest BCUT2D eigenvalue weighted by Crippen LogP contribution is 2.53. The van der Waals surface area contributed by atoms with Crippen molar-refractivity contribution in [3.05, 3.63) is 274 Å². The van der Waals surface area contributed by atoms with Gasteiger partial charge in [-0.3, -0.25) is 0 Å². The van der Waals surface area contributed by atoms with Crippen LogP contribution in [0.3, 0.4) is 0 Å². The van der Waals surface area contributed by atoms with Gasteiger partial charge in [0.05, 0.1) is 0 Å². The van der Waals surface area contributed by atoms with E-state index in [9.17, 15) is 0 Å². The SMILES string of the molecule is Cc1cccc(N(c2ccccc2)c2ccc3c(c2)C(C)(C)c2cc(/C=C/c4ccc5sc6ccc(/C=C/c7ccc8c(c7)C(C)(C)c7cc(N(c9ccccc9)c9cccc(C)c9)ccc7-8)cc6c5c4)ccc2-3)c1. The first kappa shape index (κ1) is 46.3. The van der Waals surface area contributed by atoms with E-state index >= 15 is 0 Å². The monoisotopic (exact) mass is 982 g/mol. The lowest BCUT2D eigenvalue weighted by molar-refractivity contribution is 0.660. The Labute approximate surface area is 445 Å². The molecule has 0 spiro atoms. The third kappa shape index (κ3) is 8.20. The number of hydrogen-bond donors (Lipinski definition) is 0. The Hall–Kier alpha value is -8.50. The van der Waals surface area contributed by atoms with Crippen LogP contribution in [0.2, 0.25) is 0 Å². The Morgan fingerprint density at radius 1 is 0.307 bits per heavy atom. The standard InChI is InChI=1S/C72H58N2S/c1-47-15-13-21-55(39-47)73(53-17-9-7-10-18-53)57-31-35-61-59-33-27-51(43-65(59)71(3,4)67(61)45-57)25-23-49-29-37-69-63(41-49)64-42-50(30-38-70(64)75-69)24-26-52-28-34-60-62-36-32-58(46-68(62)72(5,6)66(60)44-52)74(54-19-11-8-12-20-54)56-22-14-16-48(2)40-56/h7-46H,1-6H3/b25-23+,26-24+. The highest BCUT2D eigenvalue weighted by molar-refractivity contribution is 7.25. The van der Waals surface area contributed by atoms with E-state index in [4.69, 9.17) is 0 Å². The van der Waals surface area contributed by atoms with E-state index < -0.39 is 0 Å². The largest absolute Gasteiger partial charge is 0.310 e. The number of nitrogens with zero attached hydrogens (tertiary/aromatic N) is 2. The van der Waals surface area contributed by atoms with Crippen molar-refractivity contribution in [2.75, 3.05) is 9.80 Å². The second-order valence-electron chi connectivity index (χ2n) is 21.6. The zero-order valence-electron chi connectivity index (χ0n) is 43.4. The summed E-state index contributed by atoms with van der Waals surface area (Å²) in [5.41, 5.74) is 24.7. The maximum atomic E-state index is 2.41. The molecule has 2 nitrogen and oxygen atoms in total. The summed E-state index contributed by atoms with van der Waals surface area (Å²) in [4.78, 5) is 4.75.